The monoisotopic (exact) mass is 238 g/mol. The first kappa shape index (κ1) is 12.6. The maximum Gasteiger partial charge on any atom is 0.330 e. The van der Waals surface area contributed by atoms with Crippen LogP contribution in [-0.2, 0) is 9.53 Å². The van der Waals surface area contributed by atoms with Gasteiger partial charge in [-0.2, -0.15) is 12.6 Å². The van der Waals surface area contributed by atoms with E-state index in [-0.39, 0.29) is 5.97 Å². The molecule has 0 N–H and O–H groups in total. The second-order valence-electron chi connectivity index (χ2n) is 3.00. The van der Waals surface area contributed by atoms with E-state index in [0.717, 1.165) is 11.3 Å². The number of carbonyl (C=O) groups is 1. The topological polar surface area (TPSA) is 35.5 Å². The lowest BCUT2D eigenvalue weighted by Gasteiger charge is -1.99. The lowest BCUT2D eigenvalue weighted by molar-refractivity contribution is -0.137. The third-order valence-electron chi connectivity index (χ3n) is 1.86. The molecule has 0 aliphatic rings. The second-order valence-corrected chi connectivity index (χ2v) is 3.44. The molecule has 0 bridgehead atoms. The lowest BCUT2D eigenvalue weighted by Crippen LogP contribution is -2.02. The van der Waals surface area contributed by atoms with Crippen LogP contribution in [0.1, 0.15) is 5.56 Å². The highest BCUT2D eigenvalue weighted by molar-refractivity contribution is 7.80. The third kappa shape index (κ3) is 4.40. The van der Waals surface area contributed by atoms with Gasteiger partial charge in [-0.15, -0.1) is 0 Å². The zero-order valence-electron chi connectivity index (χ0n) is 9.05. The van der Waals surface area contributed by atoms with E-state index in [0.29, 0.717) is 12.4 Å². The van der Waals surface area contributed by atoms with Gasteiger partial charge in [-0.05, 0) is 23.8 Å². The highest BCUT2D eigenvalue weighted by Crippen LogP contribution is 2.12. The number of methoxy groups -OCH3 is 1. The molecule has 4 heteroatoms. The van der Waals surface area contributed by atoms with Crippen molar-refractivity contribution in [1.29, 1.82) is 0 Å². The molecule has 0 saturated heterocycles. The first-order valence-electron chi connectivity index (χ1n) is 4.86. The molecule has 0 aliphatic carbocycles. The van der Waals surface area contributed by atoms with E-state index in [2.05, 4.69) is 12.6 Å². The molecule has 16 heavy (non-hydrogen) atoms. The maximum atomic E-state index is 11.1. The van der Waals surface area contributed by atoms with Gasteiger partial charge in [-0.1, -0.05) is 12.1 Å². The summed E-state index contributed by atoms with van der Waals surface area (Å²) in [4.78, 5) is 11.1. The summed E-state index contributed by atoms with van der Waals surface area (Å²) < 4.78 is 9.85. The summed E-state index contributed by atoms with van der Waals surface area (Å²) in [5.74, 6) is 0.960. The molecule has 0 saturated carbocycles. The first-order chi connectivity index (χ1) is 7.76. The third-order valence-corrected chi connectivity index (χ3v) is 2.05. The summed E-state index contributed by atoms with van der Waals surface area (Å²) in [7, 11) is 1.61. The minimum Gasteiger partial charge on any atom is -0.497 e. The Hall–Kier alpha value is -1.42. The van der Waals surface area contributed by atoms with Crippen molar-refractivity contribution in [1.82, 2.24) is 0 Å². The van der Waals surface area contributed by atoms with Crippen molar-refractivity contribution < 1.29 is 14.3 Å². The number of thiol groups is 1. The normalized spacial score (nSPS) is 10.4. The zero-order valence-corrected chi connectivity index (χ0v) is 9.94. The Bertz CT molecular complexity index is 357. The van der Waals surface area contributed by atoms with Crippen LogP contribution in [0, 0.1) is 0 Å². The predicted octanol–water partition coefficient (Wildman–Crippen LogP) is 2.18. The summed E-state index contributed by atoms with van der Waals surface area (Å²) in [6.45, 7) is 0.328. The fourth-order valence-electron chi connectivity index (χ4n) is 1.07. The van der Waals surface area contributed by atoms with Gasteiger partial charge in [0, 0.05) is 11.8 Å². The van der Waals surface area contributed by atoms with Crippen LogP contribution in [0.25, 0.3) is 6.08 Å². The van der Waals surface area contributed by atoms with Gasteiger partial charge >= 0.3 is 5.97 Å². The van der Waals surface area contributed by atoms with Crippen LogP contribution in [0.4, 0.5) is 0 Å². The summed E-state index contributed by atoms with van der Waals surface area (Å²) in [5, 5.41) is 0. The molecular formula is C12H14O3S. The van der Waals surface area contributed by atoms with E-state index in [9.17, 15) is 4.79 Å². The fourth-order valence-corrected chi connectivity index (χ4v) is 1.16. The van der Waals surface area contributed by atoms with Gasteiger partial charge in [0.2, 0.25) is 0 Å². The molecular weight excluding hydrogens is 224 g/mol. The number of esters is 1. The molecule has 0 aliphatic heterocycles. The Labute approximate surface area is 100 Å². The van der Waals surface area contributed by atoms with Gasteiger partial charge in [0.05, 0.1) is 7.11 Å². The minimum atomic E-state index is -0.357. The van der Waals surface area contributed by atoms with Crippen molar-refractivity contribution in [2.45, 2.75) is 0 Å². The Morgan fingerprint density at radius 1 is 1.38 bits per heavy atom. The van der Waals surface area contributed by atoms with E-state index in [1.54, 1.807) is 13.2 Å². The second kappa shape index (κ2) is 6.95. The Kier molecular flexibility index (Phi) is 5.50. The molecule has 1 aromatic carbocycles. The number of hydrogen-bond donors (Lipinski definition) is 1. The molecule has 3 nitrogen and oxygen atoms in total. The van der Waals surface area contributed by atoms with Crippen LogP contribution in [0.3, 0.4) is 0 Å². The first-order valence-corrected chi connectivity index (χ1v) is 5.49. The molecule has 0 radical (unpaired) electrons. The lowest BCUT2D eigenvalue weighted by atomic mass is 10.2. The van der Waals surface area contributed by atoms with Crippen molar-refractivity contribution in [3.63, 3.8) is 0 Å². The number of ether oxygens (including phenoxy) is 2. The summed E-state index contributed by atoms with van der Waals surface area (Å²) in [5.41, 5.74) is 0.920. The van der Waals surface area contributed by atoms with Gasteiger partial charge in [0.25, 0.3) is 0 Å². The van der Waals surface area contributed by atoms with Gasteiger partial charge in [-0.3, -0.25) is 0 Å². The van der Waals surface area contributed by atoms with E-state index >= 15 is 0 Å². The average Bonchev–Trinajstić information content (AvgIpc) is 2.34. The minimum absolute atomic E-state index is 0.328. The summed E-state index contributed by atoms with van der Waals surface area (Å²) >= 11 is 3.94. The van der Waals surface area contributed by atoms with E-state index in [1.165, 1.54) is 6.08 Å². The fraction of sp³-hybridized carbons (Fsp3) is 0.250. The Balaban J connectivity index is 2.52. The van der Waals surface area contributed by atoms with Crippen LogP contribution >= 0.6 is 12.6 Å². The molecule has 0 unspecified atom stereocenters. The molecule has 1 aromatic rings. The molecule has 0 fully saturated rings. The standard InChI is InChI=1S/C12H14O3S/c1-14-11-5-2-10(3-6-11)4-7-12(13)15-8-9-16/h2-7,16H,8-9H2,1H3. The molecule has 0 spiro atoms. The predicted molar refractivity (Wildman–Crippen MR) is 66.8 cm³/mol. The highest BCUT2D eigenvalue weighted by atomic mass is 32.1. The molecule has 0 amide bonds. The quantitative estimate of drug-likeness (QED) is 0.485. The zero-order chi connectivity index (χ0) is 11.8. The molecule has 0 heterocycles. The average molecular weight is 238 g/mol. The molecule has 0 aromatic heterocycles. The van der Waals surface area contributed by atoms with Crippen molar-refractivity contribution in [2.75, 3.05) is 19.5 Å². The maximum absolute atomic E-state index is 11.1. The van der Waals surface area contributed by atoms with Crippen molar-refractivity contribution in [2.24, 2.45) is 0 Å². The van der Waals surface area contributed by atoms with Crippen LogP contribution in [0.15, 0.2) is 30.3 Å². The van der Waals surface area contributed by atoms with Gasteiger partial charge in [0.15, 0.2) is 0 Å². The van der Waals surface area contributed by atoms with Crippen LogP contribution in [-0.4, -0.2) is 25.4 Å². The van der Waals surface area contributed by atoms with E-state index in [4.69, 9.17) is 9.47 Å². The van der Waals surface area contributed by atoms with E-state index in [1.807, 2.05) is 24.3 Å². The highest BCUT2D eigenvalue weighted by Gasteiger charge is 1.95. The van der Waals surface area contributed by atoms with Gasteiger partial charge in [-0.25, -0.2) is 4.79 Å². The van der Waals surface area contributed by atoms with Crippen molar-refractivity contribution in [3.8, 4) is 5.75 Å². The van der Waals surface area contributed by atoms with Crippen LogP contribution < -0.4 is 4.74 Å². The number of rotatable bonds is 5. The number of carbonyl (C=O) groups excluding carboxylic acids is 1. The summed E-state index contributed by atoms with van der Waals surface area (Å²) in [6.07, 6.45) is 3.09. The van der Waals surface area contributed by atoms with Crippen LogP contribution in [0.2, 0.25) is 0 Å². The van der Waals surface area contributed by atoms with E-state index < -0.39 is 0 Å². The van der Waals surface area contributed by atoms with Crippen molar-refractivity contribution >= 4 is 24.7 Å². The smallest absolute Gasteiger partial charge is 0.330 e. The summed E-state index contributed by atoms with van der Waals surface area (Å²) in [6, 6.07) is 7.39. The SMILES string of the molecule is COc1ccc(C=CC(=O)OCCS)cc1. The van der Waals surface area contributed by atoms with Crippen LogP contribution in [0.5, 0.6) is 5.75 Å². The molecule has 86 valence electrons. The van der Waals surface area contributed by atoms with Gasteiger partial charge in [0.1, 0.15) is 12.4 Å². The number of hydrogen-bond acceptors (Lipinski definition) is 4. The molecule has 1 rings (SSSR count). The largest absolute Gasteiger partial charge is 0.497 e. The Morgan fingerprint density at radius 2 is 2.06 bits per heavy atom. The van der Waals surface area contributed by atoms with Crippen molar-refractivity contribution in [3.05, 3.63) is 35.9 Å². The Morgan fingerprint density at radius 3 is 2.62 bits per heavy atom. The molecule has 0 atom stereocenters. The number of benzene rings is 1. The van der Waals surface area contributed by atoms with Gasteiger partial charge < -0.3 is 9.47 Å².